The van der Waals surface area contributed by atoms with Crippen molar-refractivity contribution in [3.8, 4) is 5.75 Å². The highest BCUT2D eigenvalue weighted by molar-refractivity contribution is 6.20. The molecule has 17 heavy (non-hydrogen) atoms. The summed E-state index contributed by atoms with van der Waals surface area (Å²) in [6.07, 6.45) is 0.752. The van der Waals surface area contributed by atoms with Crippen molar-refractivity contribution in [1.29, 1.82) is 0 Å². The second kappa shape index (κ2) is 5.92. The van der Waals surface area contributed by atoms with Crippen LogP contribution in [0.3, 0.4) is 0 Å². The number of carbonyl (C=O) groups excluding carboxylic acids is 1. The molecule has 94 valence electrons. The van der Waals surface area contributed by atoms with Gasteiger partial charge in [0.2, 0.25) is 0 Å². The molecular formula is C13H18ClNO2. The van der Waals surface area contributed by atoms with Crippen LogP contribution >= 0.6 is 11.6 Å². The molecule has 0 heterocycles. The number of hydrogen-bond acceptors (Lipinski definition) is 2. The third kappa shape index (κ3) is 3.93. The predicted octanol–water partition coefficient (Wildman–Crippen LogP) is 2.79. The first-order valence-corrected chi connectivity index (χ1v) is 6.04. The lowest BCUT2D eigenvalue weighted by Crippen LogP contribution is -2.28. The van der Waals surface area contributed by atoms with Gasteiger partial charge in [-0.1, -0.05) is 6.07 Å². The third-order valence-corrected chi connectivity index (χ3v) is 2.88. The van der Waals surface area contributed by atoms with Crippen LogP contribution in [-0.4, -0.2) is 34.9 Å². The van der Waals surface area contributed by atoms with Gasteiger partial charge in [0, 0.05) is 24.5 Å². The van der Waals surface area contributed by atoms with Crippen LogP contribution in [0, 0.1) is 6.92 Å². The van der Waals surface area contributed by atoms with Gasteiger partial charge >= 0.3 is 0 Å². The molecule has 1 rings (SSSR count). The van der Waals surface area contributed by atoms with Crippen molar-refractivity contribution < 1.29 is 9.90 Å². The molecule has 0 aliphatic carbocycles. The Morgan fingerprint density at radius 1 is 1.53 bits per heavy atom. The number of nitrogens with zero attached hydrogens (tertiary/aromatic N) is 1. The minimum Gasteiger partial charge on any atom is -0.508 e. The van der Waals surface area contributed by atoms with Crippen LogP contribution in [0.25, 0.3) is 0 Å². The highest BCUT2D eigenvalue weighted by atomic mass is 35.5. The van der Waals surface area contributed by atoms with E-state index in [-0.39, 0.29) is 17.0 Å². The van der Waals surface area contributed by atoms with E-state index in [1.54, 1.807) is 31.0 Å². The van der Waals surface area contributed by atoms with Crippen molar-refractivity contribution >= 4 is 17.5 Å². The molecule has 1 amide bonds. The summed E-state index contributed by atoms with van der Waals surface area (Å²) in [5.41, 5.74) is 1.26. The van der Waals surface area contributed by atoms with Crippen LogP contribution in [0.15, 0.2) is 18.2 Å². The van der Waals surface area contributed by atoms with Gasteiger partial charge in [-0.05, 0) is 38.0 Å². The molecule has 0 saturated heterocycles. The number of hydrogen-bond donors (Lipinski definition) is 1. The van der Waals surface area contributed by atoms with Crippen molar-refractivity contribution in [3.63, 3.8) is 0 Å². The average Bonchev–Trinajstić information content (AvgIpc) is 2.28. The molecule has 0 aliphatic heterocycles. The van der Waals surface area contributed by atoms with E-state index in [1.807, 2.05) is 6.92 Å². The Bertz CT molecular complexity index is 404. The molecule has 0 fully saturated rings. The van der Waals surface area contributed by atoms with E-state index in [9.17, 15) is 9.90 Å². The van der Waals surface area contributed by atoms with Gasteiger partial charge in [-0.15, -0.1) is 11.6 Å². The molecular weight excluding hydrogens is 238 g/mol. The molecule has 0 spiro atoms. The molecule has 0 aromatic heterocycles. The lowest BCUT2D eigenvalue weighted by molar-refractivity contribution is 0.0793. The van der Waals surface area contributed by atoms with Gasteiger partial charge in [0.05, 0.1) is 0 Å². The molecule has 0 radical (unpaired) electrons. The number of aromatic hydroxyl groups is 1. The van der Waals surface area contributed by atoms with Crippen molar-refractivity contribution in [2.24, 2.45) is 0 Å². The highest BCUT2D eigenvalue weighted by Crippen LogP contribution is 2.18. The van der Waals surface area contributed by atoms with E-state index in [2.05, 4.69) is 0 Å². The quantitative estimate of drug-likeness (QED) is 0.841. The summed E-state index contributed by atoms with van der Waals surface area (Å²) in [5, 5.41) is 9.61. The third-order valence-electron chi connectivity index (χ3n) is 2.67. The SMILES string of the molecule is Cc1ccc(C(=O)N(C)CCC(C)Cl)cc1O. The normalized spacial score (nSPS) is 12.2. The largest absolute Gasteiger partial charge is 0.508 e. The zero-order chi connectivity index (χ0) is 13.0. The van der Waals surface area contributed by atoms with Crippen LogP contribution in [0.4, 0.5) is 0 Å². The topological polar surface area (TPSA) is 40.5 Å². The zero-order valence-corrected chi connectivity index (χ0v) is 11.2. The summed E-state index contributed by atoms with van der Waals surface area (Å²) < 4.78 is 0. The van der Waals surface area contributed by atoms with E-state index in [0.29, 0.717) is 12.1 Å². The van der Waals surface area contributed by atoms with E-state index in [1.165, 1.54) is 6.07 Å². The van der Waals surface area contributed by atoms with E-state index >= 15 is 0 Å². The molecule has 0 saturated carbocycles. The lowest BCUT2D eigenvalue weighted by Gasteiger charge is -2.18. The minimum absolute atomic E-state index is 0.0525. The molecule has 1 atom stereocenters. The van der Waals surface area contributed by atoms with E-state index < -0.39 is 0 Å². The van der Waals surface area contributed by atoms with Gasteiger partial charge < -0.3 is 10.0 Å². The summed E-state index contributed by atoms with van der Waals surface area (Å²) in [7, 11) is 1.73. The van der Waals surface area contributed by atoms with Gasteiger partial charge in [0.15, 0.2) is 0 Å². The lowest BCUT2D eigenvalue weighted by atomic mass is 10.1. The van der Waals surface area contributed by atoms with Crippen molar-refractivity contribution in [1.82, 2.24) is 4.90 Å². The molecule has 3 nitrogen and oxygen atoms in total. The van der Waals surface area contributed by atoms with Gasteiger partial charge in [0.1, 0.15) is 5.75 Å². The van der Waals surface area contributed by atoms with Crippen LogP contribution < -0.4 is 0 Å². The Balaban J connectivity index is 2.71. The standard InChI is InChI=1S/C13H18ClNO2/c1-9-4-5-11(8-12(9)16)13(17)15(3)7-6-10(2)14/h4-5,8,10,16H,6-7H2,1-3H3. The number of halogens is 1. The predicted molar refractivity (Wildman–Crippen MR) is 69.7 cm³/mol. The van der Waals surface area contributed by atoms with Gasteiger partial charge in [-0.3, -0.25) is 4.79 Å². The maximum Gasteiger partial charge on any atom is 0.253 e. The fourth-order valence-electron chi connectivity index (χ4n) is 1.44. The number of amides is 1. The number of phenols is 1. The van der Waals surface area contributed by atoms with Crippen LogP contribution in [0.5, 0.6) is 5.75 Å². The first-order chi connectivity index (χ1) is 7.91. The Hall–Kier alpha value is -1.22. The Kier molecular flexibility index (Phi) is 4.82. The van der Waals surface area contributed by atoms with E-state index in [0.717, 1.165) is 12.0 Å². The second-order valence-electron chi connectivity index (χ2n) is 4.30. The summed E-state index contributed by atoms with van der Waals surface area (Å²) in [5.74, 6) is 0.0487. The minimum atomic E-state index is -0.0994. The van der Waals surface area contributed by atoms with E-state index in [4.69, 9.17) is 11.6 Å². The average molecular weight is 256 g/mol. The molecule has 1 aromatic rings. The Morgan fingerprint density at radius 2 is 2.18 bits per heavy atom. The monoisotopic (exact) mass is 255 g/mol. The number of alkyl halides is 1. The zero-order valence-electron chi connectivity index (χ0n) is 10.4. The number of benzene rings is 1. The maximum atomic E-state index is 12.0. The first-order valence-electron chi connectivity index (χ1n) is 5.61. The summed E-state index contributed by atoms with van der Waals surface area (Å²) in [6, 6.07) is 4.96. The number of rotatable bonds is 4. The molecule has 1 unspecified atom stereocenters. The second-order valence-corrected chi connectivity index (χ2v) is 5.04. The number of aryl methyl sites for hydroxylation is 1. The summed E-state index contributed by atoms with van der Waals surface area (Å²) in [6.45, 7) is 4.30. The molecule has 1 N–H and O–H groups in total. The molecule has 0 bridgehead atoms. The summed E-state index contributed by atoms with van der Waals surface area (Å²) >= 11 is 5.84. The fourth-order valence-corrected chi connectivity index (χ4v) is 1.53. The smallest absolute Gasteiger partial charge is 0.253 e. The Morgan fingerprint density at radius 3 is 2.71 bits per heavy atom. The number of phenolic OH excluding ortho intramolecular Hbond substituents is 1. The van der Waals surface area contributed by atoms with Gasteiger partial charge in [0.25, 0.3) is 5.91 Å². The van der Waals surface area contributed by atoms with Crippen LogP contribution in [-0.2, 0) is 0 Å². The van der Waals surface area contributed by atoms with Crippen molar-refractivity contribution in [3.05, 3.63) is 29.3 Å². The first kappa shape index (κ1) is 13.8. The molecule has 1 aromatic carbocycles. The van der Waals surface area contributed by atoms with Gasteiger partial charge in [-0.2, -0.15) is 0 Å². The highest BCUT2D eigenvalue weighted by Gasteiger charge is 2.13. The van der Waals surface area contributed by atoms with Gasteiger partial charge in [-0.25, -0.2) is 0 Å². The fraction of sp³-hybridized carbons (Fsp3) is 0.462. The van der Waals surface area contributed by atoms with Crippen LogP contribution in [0.1, 0.15) is 29.3 Å². The summed E-state index contributed by atoms with van der Waals surface area (Å²) in [4.78, 5) is 13.6. The van der Waals surface area contributed by atoms with Crippen LogP contribution in [0.2, 0.25) is 0 Å². The van der Waals surface area contributed by atoms with Crippen molar-refractivity contribution in [2.75, 3.05) is 13.6 Å². The Labute approximate surface area is 107 Å². The molecule has 4 heteroatoms. The maximum absolute atomic E-state index is 12.0. The van der Waals surface area contributed by atoms with Crippen molar-refractivity contribution in [2.45, 2.75) is 25.6 Å². The number of carbonyl (C=O) groups is 1. The molecule has 0 aliphatic rings.